The van der Waals surface area contributed by atoms with Crippen LogP contribution in [-0.2, 0) is 0 Å². The van der Waals surface area contributed by atoms with Crippen molar-refractivity contribution in [3.8, 4) is 0 Å². The number of carbonyl (C=O) groups is 1. The van der Waals surface area contributed by atoms with Gasteiger partial charge in [-0.2, -0.15) is 0 Å². The lowest BCUT2D eigenvalue weighted by atomic mass is 9.45. The number of hydrogen-bond donors (Lipinski definition) is 1. The molecule has 7 heteroatoms. The lowest BCUT2D eigenvalue weighted by Gasteiger charge is -2.60. The summed E-state index contributed by atoms with van der Waals surface area (Å²) in [4.78, 5) is 19.7. The Balaban J connectivity index is 1.21. The fourth-order valence-electron chi connectivity index (χ4n) is 6.79. The SMILES string of the molecule is CC1(C)[C@H]2CC[C@@H](CNC(=O)c3cnc4ccc(N5CCC[C@@H]5c5cccc(F)c5)nn34)[C@@H]1C2. The fourth-order valence-corrected chi connectivity index (χ4v) is 6.79. The molecule has 178 valence electrons. The maximum atomic E-state index is 13.8. The highest BCUT2D eigenvalue weighted by Crippen LogP contribution is 2.61. The van der Waals surface area contributed by atoms with Gasteiger partial charge in [0, 0.05) is 13.1 Å². The first-order valence-electron chi connectivity index (χ1n) is 12.6. The van der Waals surface area contributed by atoms with Crippen molar-refractivity contribution in [1.29, 1.82) is 0 Å². The minimum absolute atomic E-state index is 0.0717. The quantitative estimate of drug-likeness (QED) is 0.580. The third-order valence-electron chi connectivity index (χ3n) is 8.89. The Kier molecular flexibility index (Phi) is 5.12. The maximum absolute atomic E-state index is 13.8. The molecular formula is C27H32FN5O. The van der Waals surface area contributed by atoms with Crippen molar-refractivity contribution in [3.05, 3.63) is 59.7 Å². The Morgan fingerprint density at radius 2 is 2.09 bits per heavy atom. The molecule has 0 unspecified atom stereocenters. The number of anilines is 1. The number of imidazole rings is 1. The number of rotatable bonds is 5. The number of fused-ring (bicyclic) bond motifs is 3. The van der Waals surface area contributed by atoms with E-state index < -0.39 is 0 Å². The van der Waals surface area contributed by atoms with E-state index in [0.29, 0.717) is 35.1 Å². The van der Waals surface area contributed by atoms with Crippen LogP contribution in [0.5, 0.6) is 0 Å². The highest BCUT2D eigenvalue weighted by atomic mass is 19.1. The van der Waals surface area contributed by atoms with Gasteiger partial charge in [-0.15, -0.1) is 5.10 Å². The monoisotopic (exact) mass is 461 g/mol. The van der Waals surface area contributed by atoms with Crippen LogP contribution in [0.25, 0.3) is 5.65 Å². The molecule has 0 radical (unpaired) electrons. The molecule has 7 rings (SSSR count). The summed E-state index contributed by atoms with van der Waals surface area (Å²) in [7, 11) is 0. The molecule has 1 N–H and O–H groups in total. The Morgan fingerprint density at radius 1 is 1.21 bits per heavy atom. The zero-order valence-corrected chi connectivity index (χ0v) is 19.9. The van der Waals surface area contributed by atoms with Gasteiger partial charge >= 0.3 is 0 Å². The van der Waals surface area contributed by atoms with Crippen molar-refractivity contribution in [2.45, 2.75) is 52.0 Å². The fraction of sp³-hybridized carbons (Fsp3) is 0.519. The van der Waals surface area contributed by atoms with Gasteiger partial charge in [0.1, 0.15) is 11.6 Å². The van der Waals surface area contributed by atoms with Crippen LogP contribution in [0.1, 0.15) is 68.0 Å². The van der Waals surface area contributed by atoms with E-state index in [2.05, 4.69) is 29.0 Å². The predicted molar refractivity (Wildman–Crippen MR) is 129 cm³/mol. The van der Waals surface area contributed by atoms with E-state index in [0.717, 1.165) is 36.7 Å². The Morgan fingerprint density at radius 3 is 2.88 bits per heavy atom. The van der Waals surface area contributed by atoms with E-state index in [1.54, 1.807) is 22.8 Å². The van der Waals surface area contributed by atoms with Crippen LogP contribution in [0.2, 0.25) is 0 Å². The Bertz CT molecular complexity index is 1230. The summed E-state index contributed by atoms with van der Waals surface area (Å²) in [5.74, 6) is 2.53. The first-order chi connectivity index (χ1) is 16.4. The summed E-state index contributed by atoms with van der Waals surface area (Å²) in [6.45, 7) is 6.31. The summed E-state index contributed by atoms with van der Waals surface area (Å²) in [6, 6.07) is 10.7. The van der Waals surface area contributed by atoms with Crippen molar-refractivity contribution < 1.29 is 9.18 Å². The topological polar surface area (TPSA) is 62.5 Å². The number of nitrogens with zero attached hydrogens (tertiary/aromatic N) is 4. The van der Waals surface area contributed by atoms with Crippen molar-refractivity contribution in [2.24, 2.45) is 23.2 Å². The number of benzene rings is 1. The first-order valence-corrected chi connectivity index (χ1v) is 12.6. The predicted octanol–water partition coefficient (Wildman–Crippen LogP) is 5.01. The number of aromatic nitrogens is 3. The highest BCUT2D eigenvalue weighted by Gasteiger charge is 2.53. The number of nitrogens with one attached hydrogen (secondary N) is 1. The number of hydrogen-bond acceptors (Lipinski definition) is 4. The van der Waals surface area contributed by atoms with Crippen molar-refractivity contribution in [3.63, 3.8) is 0 Å². The highest BCUT2D eigenvalue weighted by molar-refractivity contribution is 5.93. The second kappa shape index (κ2) is 8.07. The van der Waals surface area contributed by atoms with Crippen LogP contribution < -0.4 is 10.2 Å². The molecule has 34 heavy (non-hydrogen) atoms. The molecule has 3 heterocycles. The number of amides is 1. The summed E-state index contributed by atoms with van der Waals surface area (Å²) in [5.41, 5.74) is 2.47. The normalized spacial score (nSPS) is 27.6. The van der Waals surface area contributed by atoms with Crippen LogP contribution in [0.3, 0.4) is 0 Å². The van der Waals surface area contributed by atoms with Gasteiger partial charge in [-0.3, -0.25) is 4.79 Å². The van der Waals surface area contributed by atoms with Crippen LogP contribution in [0.15, 0.2) is 42.6 Å². The zero-order chi connectivity index (χ0) is 23.4. The van der Waals surface area contributed by atoms with Crippen LogP contribution in [-0.4, -0.2) is 33.6 Å². The molecule has 3 aromatic rings. The minimum Gasteiger partial charge on any atom is -0.350 e. The molecule has 4 fully saturated rings. The van der Waals surface area contributed by atoms with E-state index in [-0.39, 0.29) is 17.8 Å². The largest absolute Gasteiger partial charge is 0.350 e. The minimum atomic E-state index is -0.222. The molecule has 4 atom stereocenters. The molecule has 4 aliphatic rings. The molecule has 0 spiro atoms. The maximum Gasteiger partial charge on any atom is 0.271 e. The van der Waals surface area contributed by atoms with Gasteiger partial charge in [0.05, 0.1) is 12.2 Å². The summed E-state index contributed by atoms with van der Waals surface area (Å²) < 4.78 is 15.5. The Hall–Kier alpha value is -2.96. The van der Waals surface area contributed by atoms with Crippen molar-refractivity contribution in [1.82, 2.24) is 19.9 Å². The van der Waals surface area contributed by atoms with Gasteiger partial charge in [-0.1, -0.05) is 26.0 Å². The second-order valence-electron chi connectivity index (χ2n) is 10.9. The molecule has 3 saturated carbocycles. The van der Waals surface area contributed by atoms with E-state index in [1.807, 2.05) is 18.2 Å². The van der Waals surface area contributed by atoms with Crippen LogP contribution >= 0.6 is 0 Å². The van der Waals surface area contributed by atoms with E-state index in [9.17, 15) is 9.18 Å². The molecule has 1 aromatic carbocycles. The smallest absolute Gasteiger partial charge is 0.271 e. The van der Waals surface area contributed by atoms with Crippen LogP contribution in [0.4, 0.5) is 10.2 Å². The van der Waals surface area contributed by atoms with Gasteiger partial charge in [0.15, 0.2) is 11.3 Å². The molecule has 2 bridgehead atoms. The molecule has 2 aromatic heterocycles. The number of carbonyl (C=O) groups excluding carboxylic acids is 1. The third kappa shape index (κ3) is 3.48. The average Bonchev–Trinajstić information content (AvgIpc) is 3.49. The van der Waals surface area contributed by atoms with Crippen LogP contribution in [0, 0.1) is 29.0 Å². The average molecular weight is 462 g/mol. The third-order valence-corrected chi connectivity index (χ3v) is 8.89. The molecule has 6 nitrogen and oxygen atoms in total. The van der Waals surface area contributed by atoms with Gasteiger partial charge in [-0.25, -0.2) is 13.9 Å². The van der Waals surface area contributed by atoms with Crippen molar-refractivity contribution >= 4 is 17.4 Å². The van der Waals surface area contributed by atoms with Gasteiger partial charge < -0.3 is 10.2 Å². The molecule has 1 amide bonds. The Labute approximate surface area is 199 Å². The first kappa shape index (κ1) is 21.6. The lowest BCUT2D eigenvalue weighted by molar-refractivity contribution is -0.103. The molecular weight excluding hydrogens is 429 g/mol. The lowest BCUT2D eigenvalue weighted by Crippen LogP contribution is -2.54. The van der Waals surface area contributed by atoms with Crippen molar-refractivity contribution in [2.75, 3.05) is 18.0 Å². The molecule has 3 aliphatic carbocycles. The summed E-state index contributed by atoms with van der Waals surface area (Å²) in [5, 5.41) is 7.98. The molecule has 1 saturated heterocycles. The molecule has 1 aliphatic heterocycles. The van der Waals surface area contributed by atoms with E-state index >= 15 is 0 Å². The second-order valence-corrected chi connectivity index (χ2v) is 10.9. The van der Waals surface area contributed by atoms with E-state index in [1.165, 1.54) is 25.3 Å². The standard InChI is InChI=1S/C27H32FN5O/c1-27(2)19-9-8-18(21(27)14-19)15-30-26(34)23-16-29-24-10-11-25(31-33(23)24)32-12-4-7-22(32)17-5-3-6-20(28)13-17/h3,5-6,10-11,13,16,18-19,21-22H,4,7-9,12,14-15H2,1-2H3,(H,30,34)/t18-,19-,21-,22+/m0/s1. The zero-order valence-electron chi connectivity index (χ0n) is 19.9. The summed E-state index contributed by atoms with van der Waals surface area (Å²) >= 11 is 0. The van der Waals surface area contributed by atoms with Gasteiger partial charge in [0.2, 0.25) is 0 Å². The summed E-state index contributed by atoms with van der Waals surface area (Å²) in [6.07, 6.45) is 7.34. The van der Waals surface area contributed by atoms with Gasteiger partial charge in [-0.05, 0) is 85.1 Å². The number of halogens is 1. The van der Waals surface area contributed by atoms with Gasteiger partial charge in [0.25, 0.3) is 5.91 Å². The van der Waals surface area contributed by atoms with E-state index in [4.69, 9.17) is 5.10 Å².